The molecule has 0 radical (unpaired) electrons. The Morgan fingerprint density at radius 3 is 2.83 bits per heavy atom. The van der Waals surface area contributed by atoms with E-state index >= 15 is 0 Å². The number of aromatic nitrogens is 3. The number of benzene rings is 1. The topological polar surface area (TPSA) is 102 Å². The van der Waals surface area contributed by atoms with Crippen molar-refractivity contribution >= 4 is 11.8 Å². The van der Waals surface area contributed by atoms with Gasteiger partial charge in [0.05, 0.1) is 24.7 Å². The predicted molar refractivity (Wildman–Crippen MR) is 105 cm³/mol. The molecule has 0 saturated carbocycles. The van der Waals surface area contributed by atoms with Crippen LogP contribution in [0.4, 0.5) is 0 Å². The fourth-order valence-corrected chi connectivity index (χ4v) is 3.62. The molecule has 0 bridgehead atoms. The van der Waals surface area contributed by atoms with Crippen LogP contribution in [0.1, 0.15) is 37.1 Å². The van der Waals surface area contributed by atoms with Gasteiger partial charge >= 0.3 is 0 Å². The number of amides is 2. The molecule has 150 valence electrons. The number of para-hydroxylation sites is 1. The van der Waals surface area contributed by atoms with Crippen molar-refractivity contribution in [1.82, 2.24) is 25.6 Å². The summed E-state index contributed by atoms with van der Waals surface area (Å²) >= 11 is 0. The van der Waals surface area contributed by atoms with Gasteiger partial charge in [-0.05, 0) is 37.1 Å². The molecule has 1 unspecified atom stereocenters. The van der Waals surface area contributed by atoms with E-state index in [2.05, 4.69) is 20.8 Å². The summed E-state index contributed by atoms with van der Waals surface area (Å²) in [7, 11) is 0. The minimum Gasteiger partial charge on any atom is -0.469 e. The highest BCUT2D eigenvalue weighted by Gasteiger charge is 2.38. The summed E-state index contributed by atoms with van der Waals surface area (Å²) in [4.78, 5) is 25.7. The maximum absolute atomic E-state index is 12.4. The zero-order valence-electron chi connectivity index (χ0n) is 16.0. The van der Waals surface area contributed by atoms with Gasteiger partial charge in [-0.1, -0.05) is 18.2 Å². The number of carbonyl (C=O) groups excluding carboxylic acids is 2. The number of nitrogens with zero attached hydrogens (tertiary/aromatic N) is 3. The van der Waals surface area contributed by atoms with Crippen molar-refractivity contribution in [2.45, 2.75) is 44.2 Å². The Bertz CT molecular complexity index is 967. The number of hydrogen-bond acceptors (Lipinski definition) is 5. The molecule has 8 nitrogen and oxygen atoms in total. The van der Waals surface area contributed by atoms with Crippen LogP contribution in [0.2, 0.25) is 0 Å². The van der Waals surface area contributed by atoms with Crippen molar-refractivity contribution in [3.63, 3.8) is 0 Å². The fraction of sp³-hybridized carbons (Fsp3) is 0.333. The molecule has 1 saturated heterocycles. The molecule has 1 atom stereocenters. The lowest BCUT2D eigenvalue weighted by Gasteiger charge is -2.28. The average molecular weight is 393 g/mol. The number of furan rings is 1. The molecule has 3 aromatic rings. The molecule has 1 aliphatic heterocycles. The summed E-state index contributed by atoms with van der Waals surface area (Å²) in [6, 6.07) is 13.3. The molecule has 1 aromatic carbocycles. The predicted octanol–water partition coefficient (Wildman–Crippen LogP) is 2.15. The molecule has 1 fully saturated rings. The number of hydrogen-bond donors (Lipinski definition) is 2. The minimum atomic E-state index is -0.428. The van der Waals surface area contributed by atoms with Gasteiger partial charge in [-0.15, -0.1) is 0 Å². The van der Waals surface area contributed by atoms with Crippen molar-refractivity contribution < 1.29 is 14.0 Å². The maximum Gasteiger partial charge on any atom is 0.220 e. The molecule has 2 N–H and O–H groups in total. The zero-order valence-corrected chi connectivity index (χ0v) is 16.0. The molecule has 4 rings (SSSR count). The third kappa shape index (κ3) is 4.71. The van der Waals surface area contributed by atoms with Crippen LogP contribution >= 0.6 is 0 Å². The maximum atomic E-state index is 12.4. The molecule has 0 spiro atoms. The van der Waals surface area contributed by atoms with Crippen molar-refractivity contribution in [3.05, 3.63) is 66.4 Å². The van der Waals surface area contributed by atoms with E-state index in [1.165, 1.54) is 4.80 Å². The molecular weight excluding hydrogens is 370 g/mol. The summed E-state index contributed by atoms with van der Waals surface area (Å²) in [6.07, 6.45) is 5.90. The van der Waals surface area contributed by atoms with Crippen LogP contribution in [0.5, 0.6) is 0 Å². The third-order valence-corrected chi connectivity index (χ3v) is 5.15. The third-order valence-electron chi connectivity index (χ3n) is 5.15. The lowest BCUT2D eigenvalue weighted by Crippen LogP contribution is -2.44. The van der Waals surface area contributed by atoms with Gasteiger partial charge in [-0.2, -0.15) is 15.0 Å². The van der Waals surface area contributed by atoms with Gasteiger partial charge in [0.25, 0.3) is 0 Å². The van der Waals surface area contributed by atoms with E-state index in [0.717, 1.165) is 11.4 Å². The lowest BCUT2D eigenvalue weighted by atomic mass is 9.87. The molecular formula is C21H23N5O3. The Labute approximate surface area is 168 Å². The van der Waals surface area contributed by atoms with Gasteiger partial charge in [0.2, 0.25) is 11.8 Å². The summed E-state index contributed by atoms with van der Waals surface area (Å²) < 4.78 is 5.44. The van der Waals surface area contributed by atoms with Crippen molar-refractivity contribution in [2.24, 2.45) is 0 Å². The molecule has 29 heavy (non-hydrogen) atoms. The molecule has 0 aliphatic carbocycles. The van der Waals surface area contributed by atoms with E-state index in [1.54, 1.807) is 12.5 Å². The largest absolute Gasteiger partial charge is 0.469 e. The van der Waals surface area contributed by atoms with Crippen molar-refractivity contribution in [1.29, 1.82) is 0 Å². The minimum absolute atomic E-state index is 0.0227. The lowest BCUT2D eigenvalue weighted by molar-refractivity contribution is -0.123. The van der Waals surface area contributed by atoms with Gasteiger partial charge in [0, 0.05) is 24.8 Å². The zero-order chi connectivity index (χ0) is 20.1. The van der Waals surface area contributed by atoms with E-state index in [-0.39, 0.29) is 11.8 Å². The van der Waals surface area contributed by atoms with Crippen LogP contribution in [-0.2, 0) is 22.6 Å². The van der Waals surface area contributed by atoms with Crippen molar-refractivity contribution in [2.75, 3.05) is 0 Å². The summed E-state index contributed by atoms with van der Waals surface area (Å²) in [5.41, 5.74) is 1.12. The van der Waals surface area contributed by atoms with E-state index < -0.39 is 5.54 Å². The highest BCUT2D eigenvalue weighted by atomic mass is 16.3. The summed E-state index contributed by atoms with van der Waals surface area (Å²) in [5, 5.41) is 14.6. The monoisotopic (exact) mass is 393 g/mol. The van der Waals surface area contributed by atoms with Gasteiger partial charge in [0.15, 0.2) is 0 Å². The molecule has 2 aromatic heterocycles. The standard InChI is InChI=1S/C21H23N5O3/c27-19(22-14-16-15-23-26(25-16)17-5-2-1-3-6-17)8-10-21(11-9-20(28)24-21)13-18-7-4-12-29-18/h1-7,12,15H,8-11,13-14H2,(H,22,27)(H,24,28). The van der Waals surface area contributed by atoms with Gasteiger partial charge in [-0.3, -0.25) is 9.59 Å². The van der Waals surface area contributed by atoms with Crippen LogP contribution in [0.25, 0.3) is 5.69 Å². The van der Waals surface area contributed by atoms with E-state index in [1.807, 2.05) is 42.5 Å². The summed E-state index contributed by atoms with van der Waals surface area (Å²) in [6.45, 7) is 0.309. The Balaban J connectivity index is 1.30. The Hall–Kier alpha value is -3.42. The van der Waals surface area contributed by atoms with Crippen LogP contribution in [0.15, 0.2) is 59.3 Å². The van der Waals surface area contributed by atoms with Gasteiger partial charge < -0.3 is 15.1 Å². The second-order valence-corrected chi connectivity index (χ2v) is 7.32. The summed E-state index contributed by atoms with van der Waals surface area (Å²) in [5.74, 6) is 0.749. The van der Waals surface area contributed by atoms with Crippen LogP contribution in [0, 0.1) is 0 Å². The first-order valence-corrected chi connectivity index (χ1v) is 9.69. The average Bonchev–Trinajstić information content (AvgIpc) is 3.48. The second kappa shape index (κ2) is 8.30. The first-order valence-electron chi connectivity index (χ1n) is 9.69. The number of nitrogens with one attached hydrogen (secondary N) is 2. The Kier molecular flexibility index (Phi) is 5.41. The second-order valence-electron chi connectivity index (χ2n) is 7.32. The number of carbonyl (C=O) groups is 2. The Morgan fingerprint density at radius 1 is 1.24 bits per heavy atom. The highest BCUT2D eigenvalue weighted by Crippen LogP contribution is 2.29. The first-order chi connectivity index (χ1) is 14.1. The van der Waals surface area contributed by atoms with Crippen LogP contribution in [0.3, 0.4) is 0 Å². The molecule has 3 heterocycles. The molecule has 2 amide bonds. The van der Waals surface area contributed by atoms with Gasteiger partial charge in [-0.25, -0.2) is 0 Å². The molecule has 8 heteroatoms. The fourth-order valence-electron chi connectivity index (χ4n) is 3.62. The van der Waals surface area contributed by atoms with E-state index in [4.69, 9.17) is 4.42 Å². The SMILES string of the molecule is O=C(CCC1(Cc2ccco2)CCC(=O)N1)NCc1cnn(-c2ccccc2)n1. The quantitative estimate of drug-likeness (QED) is 0.611. The molecule has 1 aliphatic rings. The first kappa shape index (κ1) is 18.9. The normalized spacial score (nSPS) is 18.6. The van der Waals surface area contributed by atoms with Crippen LogP contribution < -0.4 is 10.6 Å². The Morgan fingerprint density at radius 2 is 2.10 bits per heavy atom. The van der Waals surface area contributed by atoms with Crippen molar-refractivity contribution in [3.8, 4) is 5.69 Å². The van der Waals surface area contributed by atoms with E-state index in [9.17, 15) is 9.59 Å². The van der Waals surface area contributed by atoms with Gasteiger partial charge in [0.1, 0.15) is 11.5 Å². The highest BCUT2D eigenvalue weighted by molar-refractivity contribution is 5.80. The van der Waals surface area contributed by atoms with Crippen LogP contribution in [-0.4, -0.2) is 32.3 Å². The number of rotatable bonds is 8. The van der Waals surface area contributed by atoms with E-state index in [0.29, 0.717) is 44.3 Å². The smallest absolute Gasteiger partial charge is 0.220 e.